The Kier molecular flexibility index (Phi) is 5.26. The van der Waals surface area contributed by atoms with E-state index in [2.05, 4.69) is 21.2 Å². The van der Waals surface area contributed by atoms with Crippen LogP contribution in [0.25, 0.3) is 0 Å². The molecule has 102 valence electrons. The Morgan fingerprint density at radius 1 is 1.32 bits per heavy atom. The van der Waals surface area contributed by atoms with Crippen molar-refractivity contribution in [2.45, 2.75) is 13.0 Å². The van der Waals surface area contributed by atoms with Gasteiger partial charge >= 0.3 is 0 Å². The number of halogens is 4. The molecule has 0 saturated heterocycles. The van der Waals surface area contributed by atoms with Gasteiger partial charge in [-0.25, -0.2) is 4.39 Å². The molecule has 0 aliphatic heterocycles. The fourth-order valence-corrected chi connectivity index (χ4v) is 3.45. The third kappa shape index (κ3) is 3.31. The Hall–Kier alpha value is -0.130. The molecule has 0 saturated carbocycles. The molecular formula is C13H11BrCl2FNS. The third-order valence-electron chi connectivity index (χ3n) is 2.66. The number of hydrogen-bond acceptors (Lipinski definition) is 2. The number of nitrogens with one attached hydrogen (secondary N) is 1. The molecule has 2 rings (SSSR count). The predicted molar refractivity (Wildman–Crippen MR) is 84.0 cm³/mol. The van der Waals surface area contributed by atoms with E-state index in [0.717, 1.165) is 4.88 Å². The Labute approximate surface area is 133 Å². The number of benzene rings is 1. The van der Waals surface area contributed by atoms with Gasteiger partial charge in [0.05, 0.1) is 15.4 Å². The van der Waals surface area contributed by atoms with Crippen LogP contribution in [0.15, 0.2) is 28.7 Å². The van der Waals surface area contributed by atoms with Crippen molar-refractivity contribution >= 4 is 50.5 Å². The molecule has 0 fully saturated rings. The standard InChI is InChI=1S/C13H11BrCl2FNS/c1-2-18-13(9-5-6-10(15)19-9)7-3-4-8(14)11(16)12(7)17/h3-6,13,18H,2H2,1H3. The molecule has 1 heterocycles. The van der Waals surface area contributed by atoms with Gasteiger partial charge in [0.15, 0.2) is 0 Å². The van der Waals surface area contributed by atoms with Crippen molar-refractivity contribution < 1.29 is 4.39 Å². The molecule has 19 heavy (non-hydrogen) atoms. The lowest BCUT2D eigenvalue weighted by Crippen LogP contribution is -2.22. The average molecular weight is 383 g/mol. The zero-order valence-corrected chi connectivity index (χ0v) is 13.9. The van der Waals surface area contributed by atoms with Crippen LogP contribution in [0.1, 0.15) is 23.4 Å². The first-order valence-electron chi connectivity index (χ1n) is 5.66. The number of hydrogen-bond donors (Lipinski definition) is 1. The van der Waals surface area contributed by atoms with E-state index in [1.54, 1.807) is 12.1 Å². The van der Waals surface area contributed by atoms with E-state index in [1.165, 1.54) is 11.3 Å². The lowest BCUT2D eigenvalue weighted by atomic mass is 10.0. The highest BCUT2D eigenvalue weighted by Gasteiger charge is 2.21. The van der Waals surface area contributed by atoms with Crippen molar-refractivity contribution in [3.63, 3.8) is 0 Å². The smallest absolute Gasteiger partial charge is 0.148 e. The van der Waals surface area contributed by atoms with Crippen molar-refractivity contribution in [1.29, 1.82) is 0 Å². The summed E-state index contributed by atoms with van der Waals surface area (Å²) in [6, 6.07) is 6.94. The topological polar surface area (TPSA) is 12.0 Å². The molecule has 1 nitrogen and oxygen atoms in total. The first-order chi connectivity index (χ1) is 9.04. The highest BCUT2D eigenvalue weighted by molar-refractivity contribution is 9.10. The largest absolute Gasteiger partial charge is 0.306 e. The van der Waals surface area contributed by atoms with Crippen LogP contribution in [0.5, 0.6) is 0 Å². The first-order valence-corrected chi connectivity index (χ1v) is 8.03. The van der Waals surface area contributed by atoms with Gasteiger partial charge in [0, 0.05) is 14.9 Å². The SMILES string of the molecule is CCNC(c1ccc(Cl)s1)c1ccc(Br)c(Cl)c1F. The van der Waals surface area contributed by atoms with Crippen LogP contribution >= 0.6 is 50.5 Å². The van der Waals surface area contributed by atoms with Crippen LogP contribution in [0.2, 0.25) is 9.36 Å². The molecule has 2 aromatic rings. The normalized spacial score (nSPS) is 12.7. The molecule has 0 spiro atoms. The number of thiophene rings is 1. The minimum Gasteiger partial charge on any atom is -0.306 e. The van der Waals surface area contributed by atoms with E-state index in [-0.39, 0.29) is 11.1 Å². The minimum absolute atomic E-state index is 0.100. The molecule has 0 amide bonds. The summed E-state index contributed by atoms with van der Waals surface area (Å²) >= 11 is 16.5. The summed E-state index contributed by atoms with van der Waals surface area (Å²) in [5.74, 6) is -0.411. The van der Waals surface area contributed by atoms with E-state index in [1.807, 2.05) is 19.1 Å². The monoisotopic (exact) mass is 381 g/mol. The average Bonchev–Trinajstić information content (AvgIpc) is 2.81. The van der Waals surface area contributed by atoms with Crippen molar-refractivity contribution in [3.8, 4) is 0 Å². The molecule has 0 aliphatic carbocycles. The van der Waals surface area contributed by atoms with E-state index in [4.69, 9.17) is 23.2 Å². The van der Waals surface area contributed by atoms with Gasteiger partial charge in [0.2, 0.25) is 0 Å². The zero-order chi connectivity index (χ0) is 14.0. The maximum Gasteiger partial charge on any atom is 0.148 e. The van der Waals surface area contributed by atoms with Gasteiger partial charge in [-0.05, 0) is 40.7 Å². The summed E-state index contributed by atoms with van der Waals surface area (Å²) in [6.07, 6.45) is 0. The van der Waals surface area contributed by atoms with Gasteiger partial charge < -0.3 is 5.32 Å². The van der Waals surface area contributed by atoms with Crippen molar-refractivity contribution in [2.24, 2.45) is 0 Å². The molecule has 1 unspecified atom stereocenters. The van der Waals surface area contributed by atoms with E-state index in [0.29, 0.717) is 20.9 Å². The van der Waals surface area contributed by atoms with Gasteiger partial charge in [-0.15, -0.1) is 11.3 Å². The Bertz CT molecular complexity index is 588. The second kappa shape index (κ2) is 6.55. The Balaban J connectivity index is 2.48. The van der Waals surface area contributed by atoms with Gasteiger partial charge in [-0.1, -0.05) is 36.2 Å². The maximum absolute atomic E-state index is 14.3. The molecule has 6 heteroatoms. The van der Waals surface area contributed by atoms with Crippen LogP contribution in [0.4, 0.5) is 4.39 Å². The number of rotatable bonds is 4. The van der Waals surface area contributed by atoms with Crippen LogP contribution < -0.4 is 5.32 Å². The van der Waals surface area contributed by atoms with Crippen LogP contribution in [-0.4, -0.2) is 6.54 Å². The fraction of sp³-hybridized carbons (Fsp3) is 0.231. The molecule has 1 N–H and O–H groups in total. The summed E-state index contributed by atoms with van der Waals surface area (Å²) in [7, 11) is 0. The summed E-state index contributed by atoms with van der Waals surface area (Å²) in [6.45, 7) is 2.69. The highest BCUT2D eigenvalue weighted by Crippen LogP contribution is 2.36. The van der Waals surface area contributed by atoms with Crippen molar-refractivity contribution in [3.05, 3.63) is 54.4 Å². The van der Waals surface area contributed by atoms with E-state index < -0.39 is 5.82 Å². The fourth-order valence-electron chi connectivity index (χ4n) is 1.82. The van der Waals surface area contributed by atoms with Gasteiger partial charge in [-0.3, -0.25) is 0 Å². The summed E-state index contributed by atoms with van der Waals surface area (Å²) < 4.78 is 15.5. The Morgan fingerprint density at radius 3 is 2.63 bits per heavy atom. The third-order valence-corrected chi connectivity index (χ3v) is 5.22. The molecule has 0 aliphatic rings. The second-order valence-electron chi connectivity index (χ2n) is 3.90. The summed E-state index contributed by atoms with van der Waals surface area (Å²) in [4.78, 5) is 0.962. The van der Waals surface area contributed by atoms with Crippen LogP contribution in [0.3, 0.4) is 0 Å². The van der Waals surface area contributed by atoms with E-state index >= 15 is 0 Å². The van der Waals surface area contributed by atoms with Gasteiger partial charge in [-0.2, -0.15) is 0 Å². The molecule has 1 atom stereocenters. The maximum atomic E-state index is 14.3. The minimum atomic E-state index is -0.411. The first kappa shape index (κ1) is 15.3. The van der Waals surface area contributed by atoms with Crippen LogP contribution in [-0.2, 0) is 0 Å². The lowest BCUT2D eigenvalue weighted by molar-refractivity contribution is 0.563. The molecular weight excluding hydrogens is 372 g/mol. The molecule has 1 aromatic heterocycles. The molecule has 1 aromatic carbocycles. The predicted octanol–water partition coefficient (Wildman–Crippen LogP) is 5.66. The summed E-state index contributed by atoms with van der Waals surface area (Å²) in [5, 5.41) is 3.35. The van der Waals surface area contributed by atoms with Gasteiger partial charge in [0.1, 0.15) is 5.82 Å². The van der Waals surface area contributed by atoms with E-state index in [9.17, 15) is 4.39 Å². The van der Waals surface area contributed by atoms with Crippen molar-refractivity contribution in [2.75, 3.05) is 6.54 Å². The second-order valence-corrected chi connectivity index (χ2v) is 6.88. The molecule has 0 bridgehead atoms. The zero-order valence-electron chi connectivity index (χ0n) is 10.0. The quantitative estimate of drug-likeness (QED) is 0.673. The van der Waals surface area contributed by atoms with Gasteiger partial charge in [0.25, 0.3) is 0 Å². The van der Waals surface area contributed by atoms with Crippen LogP contribution in [0, 0.1) is 5.82 Å². The highest BCUT2D eigenvalue weighted by atomic mass is 79.9. The Morgan fingerprint density at radius 2 is 2.05 bits per heavy atom. The lowest BCUT2D eigenvalue weighted by Gasteiger charge is -2.18. The summed E-state index contributed by atoms with van der Waals surface area (Å²) in [5.41, 5.74) is 0.522. The van der Waals surface area contributed by atoms with Crippen molar-refractivity contribution in [1.82, 2.24) is 5.32 Å². The molecule has 0 radical (unpaired) electrons.